The van der Waals surface area contributed by atoms with Crippen molar-refractivity contribution in [1.82, 2.24) is 5.32 Å². The van der Waals surface area contributed by atoms with E-state index in [0.29, 0.717) is 6.42 Å². The van der Waals surface area contributed by atoms with Crippen molar-refractivity contribution in [2.24, 2.45) is 5.92 Å². The Labute approximate surface area is 104 Å². The number of furan rings is 1. The molecule has 0 fully saturated rings. The first kappa shape index (κ1) is 13.6. The van der Waals surface area contributed by atoms with Gasteiger partial charge in [-0.1, -0.05) is 31.9 Å². The van der Waals surface area contributed by atoms with E-state index in [0.717, 1.165) is 0 Å². The molecule has 0 aliphatic heterocycles. The van der Waals surface area contributed by atoms with Crippen molar-refractivity contribution in [3.63, 3.8) is 0 Å². The number of nitrogens with one attached hydrogen (secondary N) is 1. The molecule has 0 radical (unpaired) electrons. The fourth-order valence-electron chi connectivity index (χ4n) is 1.35. The van der Waals surface area contributed by atoms with Crippen LogP contribution in [0.1, 0.15) is 30.8 Å². The standard InChI is InChI=1S/C11H14ClNO4/c1-3-6(2)8(11(15)16)13-10(14)9-7(12)4-5-17-9/h4-6,8H,3H2,1-2H3,(H,13,14)(H,15,16)/t6-,8-/m0/s1. The Kier molecular flexibility index (Phi) is 4.57. The fraction of sp³-hybridized carbons (Fsp3) is 0.455. The number of halogens is 1. The summed E-state index contributed by atoms with van der Waals surface area (Å²) in [6.07, 6.45) is 1.92. The van der Waals surface area contributed by atoms with Crippen LogP contribution < -0.4 is 5.32 Å². The monoisotopic (exact) mass is 259 g/mol. The van der Waals surface area contributed by atoms with Crippen LogP contribution in [0.3, 0.4) is 0 Å². The van der Waals surface area contributed by atoms with E-state index in [1.54, 1.807) is 6.92 Å². The van der Waals surface area contributed by atoms with Gasteiger partial charge in [0, 0.05) is 0 Å². The number of aliphatic carboxylic acids is 1. The van der Waals surface area contributed by atoms with Gasteiger partial charge in [-0.05, 0) is 12.0 Å². The number of hydrogen-bond acceptors (Lipinski definition) is 3. The van der Waals surface area contributed by atoms with E-state index in [1.165, 1.54) is 12.3 Å². The Balaban J connectivity index is 2.78. The molecule has 0 unspecified atom stereocenters. The van der Waals surface area contributed by atoms with Gasteiger partial charge in [0.15, 0.2) is 0 Å². The third-order valence-corrected chi connectivity index (χ3v) is 2.89. The molecule has 2 N–H and O–H groups in total. The van der Waals surface area contributed by atoms with E-state index < -0.39 is 17.9 Å². The molecule has 0 aliphatic carbocycles. The molecule has 1 aromatic rings. The fourth-order valence-corrected chi connectivity index (χ4v) is 1.53. The highest BCUT2D eigenvalue weighted by Crippen LogP contribution is 2.17. The van der Waals surface area contributed by atoms with Gasteiger partial charge in [-0.3, -0.25) is 4.79 Å². The van der Waals surface area contributed by atoms with Gasteiger partial charge in [0.1, 0.15) is 6.04 Å². The van der Waals surface area contributed by atoms with Crippen molar-refractivity contribution in [1.29, 1.82) is 0 Å². The Bertz CT molecular complexity index is 415. The van der Waals surface area contributed by atoms with E-state index in [4.69, 9.17) is 21.1 Å². The maximum Gasteiger partial charge on any atom is 0.326 e. The number of hydrogen-bond donors (Lipinski definition) is 2. The molecule has 94 valence electrons. The van der Waals surface area contributed by atoms with Crippen molar-refractivity contribution in [3.05, 3.63) is 23.1 Å². The van der Waals surface area contributed by atoms with Crippen molar-refractivity contribution < 1.29 is 19.1 Å². The average Bonchev–Trinajstić information content (AvgIpc) is 2.70. The van der Waals surface area contributed by atoms with E-state index >= 15 is 0 Å². The average molecular weight is 260 g/mol. The zero-order valence-electron chi connectivity index (χ0n) is 9.57. The van der Waals surface area contributed by atoms with Crippen LogP contribution >= 0.6 is 11.6 Å². The van der Waals surface area contributed by atoms with Crippen molar-refractivity contribution in [3.8, 4) is 0 Å². The zero-order valence-corrected chi connectivity index (χ0v) is 10.3. The van der Waals surface area contributed by atoms with Gasteiger partial charge in [0.05, 0.1) is 11.3 Å². The van der Waals surface area contributed by atoms with Crippen LogP contribution in [0.15, 0.2) is 16.7 Å². The molecule has 2 atom stereocenters. The smallest absolute Gasteiger partial charge is 0.326 e. The molecular formula is C11H14ClNO4. The molecule has 0 saturated heterocycles. The molecule has 6 heteroatoms. The molecule has 17 heavy (non-hydrogen) atoms. The minimum absolute atomic E-state index is 0.0683. The molecule has 0 aromatic carbocycles. The predicted molar refractivity (Wildman–Crippen MR) is 62.1 cm³/mol. The van der Waals surface area contributed by atoms with Crippen LogP contribution in [0.2, 0.25) is 5.02 Å². The summed E-state index contributed by atoms with van der Waals surface area (Å²) in [4.78, 5) is 22.7. The van der Waals surface area contributed by atoms with Crippen LogP contribution in [0.25, 0.3) is 0 Å². The van der Waals surface area contributed by atoms with E-state index in [9.17, 15) is 9.59 Å². The summed E-state index contributed by atoms with van der Waals surface area (Å²) in [7, 11) is 0. The third-order valence-electron chi connectivity index (χ3n) is 2.59. The molecule has 1 heterocycles. The number of carboxylic acid groups (broad SMARTS) is 1. The summed E-state index contributed by atoms with van der Waals surface area (Å²) >= 11 is 5.71. The molecule has 1 amide bonds. The number of carboxylic acids is 1. The van der Waals surface area contributed by atoms with Crippen molar-refractivity contribution >= 4 is 23.5 Å². The lowest BCUT2D eigenvalue weighted by Crippen LogP contribution is -2.44. The van der Waals surface area contributed by atoms with Crippen LogP contribution in [0.4, 0.5) is 0 Å². The summed E-state index contributed by atoms with van der Waals surface area (Å²) in [6.45, 7) is 3.61. The normalized spacial score (nSPS) is 14.1. The van der Waals surface area contributed by atoms with Gasteiger partial charge >= 0.3 is 5.97 Å². The summed E-state index contributed by atoms with van der Waals surface area (Å²) in [5.41, 5.74) is 0. The van der Waals surface area contributed by atoms with Crippen molar-refractivity contribution in [2.75, 3.05) is 0 Å². The van der Waals surface area contributed by atoms with E-state index in [2.05, 4.69) is 5.32 Å². The summed E-state index contributed by atoms with van der Waals surface area (Å²) in [5.74, 6) is -1.94. The van der Waals surface area contributed by atoms with Crippen LogP contribution in [0.5, 0.6) is 0 Å². The quantitative estimate of drug-likeness (QED) is 0.849. The SMILES string of the molecule is CC[C@H](C)[C@H](NC(=O)c1occc1Cl)C(=O)O. The second kappa shape index (κ2) is 5.72. The predicted octanol–water partition coefficient (Wildman–Crippen LogP) is 2.16. The molecule has 5 nitrogen and oxygen atoms in total. The van der Waals surface area contributed by atoms with E-state index in [1.807, 2.05) is 6.92 Å². The van der Waals surface area contributed by atoms with Gasteiger partial charge < -0.3 is 14.8 Å². The first-order valence-corrected chi connectivity index (χ1v) is 5.61. The largest absolute Gasteiger partial charge is 0.480 e. The molecule has 1 rings (SSSR count). The second-order valence-corrected chi connectivity index (χ2v) is 4.18. The minimum Gasteiger partial charge on any atom is -0.480 e. The molecular weight excluding hydrogens is 246 g/mol. The van der Waals surface area contributed by atoms with Crippen LogP contribution in [-0.2, 0) is 4.79 Å². The van der Waals surface area contributed by atoms with Gasteiger partial charge in [0.2, 0.25) is 5.76 Å². The maximum absolute atomic E-state index is 11.7. The van der Waals surface area contributed by atoms with Crippen molar-refractivity contribution in [2.45, 2.75) is 26.3 Å². The zero-order chi connectivity index (χ0) is 13.0. The molecule has 0 spiro atoms. The molecule has 0 aliphatic rings. The number of rotatable bonds is 5. The Morgan fingerprint density at radius 1 is 1.59 bits per heavy atom. The Hall–Kier alpha value is -1.49. The van der Waals surface area contributed by atoms with Crippen LogP contribution in [0, 0.1) is 5.92 Å². The lowest BCUT2D eigenvalue weighted by molar-refractivity contribution is -0.140. The summed E-state index contributed by atoms with van der Waals surface area (Å²) in [5, 5.41) is 11.6. The lowest BCUT2D eigenvalue weighted by Gasteiger charge is -2.19. The maximum atomic E-state index is 11.7. The Morgan fingerprint density at radius 3 is 2.65 bits per heavy atom. The topological polar surface area (TPSA) is 79.5 Å². The number of carbonyl (C=O) groups excluding carboxylic acids is 1. The molecule has 0 saturated carbocycles. The van der Waals surface area contributed by atoms with Gasteiger partial charge in [-0.2, -0.15) is 0 Å². The molecule has 1 aromatic heterocycles. The van der Waals surface area contributed by atoms with E-state index in [-0.39, 0.29) is 16.7 Å². The first-order chi connectivity index (χ1) is 7.97. The number of carbonyl (C=O) groups is 2. The van der Waals surface area contributed by atoms with Gasteiger partial charge in [-0.25, -0.2) is 4.79 Å². The summed E-state index contributed by atoms with van der Waals surface area (Å²) < 4.78 is 4.88. The highest BCUT2D eigenvalue weighted by atomic mass is 35.5. The Morgan fingerprint density at radius 2 is 2.24 bits per heavy atom. The molecule has 0 bridgehead atoms. The highest BCUT2D eigenvalue weighted by molar-refractivity contribution is 6.33. The van der Waals surface area contributed by atoms with Gasteiger partial charge in [-0.15, -0.1) is 0 Å². The summed E-state index contributed by atoms with van der Waals surface area (Å²) in [6, 6.07) is 0.476. The highest BCUT2D eigenvalue weighted by Gasteiger charge is 2.27. The minimum atomic E-state index is -1.07. The first-order valence-electron chi connectivity index (χ1n) is 5.24. The lowest BCUT2D eigenvalue weighted by atomic mass is 9.99. The third kappa shape index (κ3) is 3.23. The number of amides is 1. The van der Waals surface area contributed by atoms with Gasteiger partial charge in [0.25, 0.3) is 5.91 Å². The second-order valence-electron chi connectivity index (χ2n) is 3.77. The van der Waals surface area contributed by atoms with Crippen LogP contribution in [-0.4, -0.2) is 23.0 Å².